The van der Waals surface area contributed by atoms with Crippen molar-refractivity contribution in [3.05, 3.63) is 109 Å². The normalized spacial score (nSPS) is 12.2. The van der Waals surface area contributed by atoms with Gasteiger partial charge in [0.1, 0.15) is 0 Å². The highest BCUT2D eigenvalue weighted by Gasteiger charge is 2.29. The number of benzene rings is 3. The van der Waals surface area contributed by atoms with E-state index in [1.165, 1.54) is 16.1 Å². The average molecular weight is 534 g/mol. The van der Waals surface area contributed by atoms with E-state index in [-0.39, 0.29) is 13.2 Å². The van der Waals surface area contributed by atoms with Crippen LogP contribution in [0, 0.1) is 13.8 Å². The van der Waals surface area contributed by atoms with E-state index in [4.69, 9.17) is 16.3 Å². The number of aryl methyl sites for hydroxylation is 2. The van der Waals surface area contributed by atoms with Gasteiger partial charge < -0.3 is 4.74 Å². The quantitative estimate of drug-likeness (QED) is 0.279. The summed E-state index contributed by atoms with van der Waals surface area (Å²) in [6, 6.07) is 16.2. The third kappa shape index (κ3) is 4.47. The van der Waals surface area contributed by atoms with Crippen molar-refractivity contribution in [1.29, 1.82) is 0 Å². The molecule has 0 saturated carbocycles. The van der Waals surface area contributed by atoms with Gasteiger partial charge in [0.25, 0.3) is 5.56 Å². The lowest BCUT2D eigenvalue weighted by Gasteiger charge is -2.21. The predicted molar refractivity (Wildman–Crippen MR) is 147 cm³/mol. The van der Waals surface area contributed by atoms with Gasteiger partial charge in [-0.25, -0.2) is 14.2 Å². The van der Waals surface area contributed by atoms with Crippen molar-refractivity contribution in [3.8, 4) is 0 Å². The molecule has 0 aliphatic heterocycles. The van der Waals surface area contributed by atoms with Crippen molar-refractivity contribution in [2.75, 3.05) is 6.61 Å². The Kier molecular flexibility index (Phi) is 6.70. The SMILES string of the molecule is CCOC(=O)[C@H](c1ccc(Cl)cc1)n1c(=O)c2ccccc2n(Cc2nsc3cc(C)cc(C)c23)c1=O. The van der Waals surface area contributed by atoms with Crippen LogP contribution in [0.4, 0.5) is 0 Å². The van der Waals surface area contributed by atoms with E-state index in [2.05, 4.69) is 16.5 Å². The Morgan fingerprint density at radius 2 is 1.81 bits per heavy atom. The number of halogens is 1. The number of hydrogen-bond donors (Lipinski definition) is 0. The van der Waals surface area contributed by atoms with Crippen LogP contribution in [0.1, 0.15) is 35.3 Å². The summed E-state index contributed by atoms with van der Waals surface area (Å²) in [6.07, 6.45) is 0. The molecule has 0 amide bonds. The zero-order chi connectivity index (χ0) is 26.3. The molecule has 7 nitrogen and oxygen atoms in total. The summed E-state index contributed by atoms with van der Waals surface area (Å²) in [4.78, 5) is 40.9. The van der Waals surface area contributed by atoms with Crippen LogP contribution in [0.25, 0.3) is 21.0 Å². The molecule has 9 heteroatoms. The first kappa shape index (κ1) is 24.9. The van der Waals surface area contributed by atoms with Gasteiger partial charge in [-0.15, -0.1) is 0 Å². The molecule has 37 heavy (non-hydrogen) atoms. The lowest BCUT2D eigenvalue weighted by atomic mass is 10.1. The van der Waals surface area contributed by atoms with Gasteiger partial charge in [-0.1, -0.05) is 41.9 Å². The first-order chi connectivity index (χ1) is 17.8. The van der Waals surface area contributed by atoms with Gasteiger partial charge in [0, 0.05) is 10.4 Å². The first-order valence-corrected chi connectivity index (χ1v) is 13.0. The molecule has 5 aromatic rings. The highest BCUT2D eigenvalue weighted by atomic mass is 35.5. The van der Waals surface area contributed by atoms with E-state index >= 15 is 0 Å². The summed E-state index contributed by atoms with van der Waals surface area (Å²) in [5, 5.41) is 1.78. The van der Waals surface area contributed by atoms with E-state index in [9.17, 15) is 14.4 Å². The number of nitrogens with zero attached hydrogens (tertiary/aromatic N) is 3. The zero-order valence-corrected chi connectivity index (χ0v) is 22.1. The third-order valence-corrected chi connectivity index (χ3v) is 7.41. The Morgan fingerprint density at radius 3 is 2.54 bits per heavy atom. The van der Waals surface area contributed by atoms with Gasteiger partial charge in [-0.2, -0.15) is 4.37 Å². The summed E-state index contributed by atoms with van der Waals surface area (Å²) in [6.45, 7) is 5.97. The minimum Gasteiger partial charge on any atom is -0.464 e. The fourth-order valence-corrected chi connectivity index (χ4v) is 5.85. The number of ether oxygens (including phenoxy) is 1. The van der Waals surface area contributed by atoms with Crippen LogP contribution in [0.2, 0.25) is 5.02 Å². The van der Waals surface area contributed by atoms with Crippen LogP contribution in [0.5, 0.6) is 0 Å². The molecule has 0 N–H and O–H groups in total. The van der Waals surface area contributed by atoms with Crippen molar-refractivity contribution in [3.63, 3.8) is 0 Å². The second-order valence-electron chi connectivity index (χ2n) is 8.85. The predicted octanol–water partition coefficient (Wildman–Crippen LogP) is 5.24. The van der Waals surface area contributed by atoms with Crippen LogP contribution < -0.4 is 11.2 Å². The summed E-state index contributed by atoms with van der Waals surface area (Å²) in [5.41, 5.74) is 2.64. The molecule has 0 fully saturated rings. The smallest absolute Gasteiger partial charge is 0.334 e. The Labute approximate surface area is 221 Å². The summed E-state index contributed by atoms with van der Waals surface area (Å²) in [7, 11) is 0. The molecule has 3 aromatic carbocycles. The standard InChI is InChI=1S/C28H24ClN3O4S/c1-4-36-27(34)25(18-9-11-19(29)12-10-18)32-26(33)20-7-5-6-8-22(20)31(28(32)35)15-21-24-17(3)13-16(2)14-23(24)37-30-21/h5-14,25H,4,15H2,1-3H3/t25-/m0/s1. The van der Waals surface area contributed by atoms with Crippen LogP contribution >= 0.6 is 23.1 Å². The fraction of sp³-hybridized carbons (Fsp3) is 0.214. The van der Waals surface area contributed by atoms with Crippen LogP contribution in [0.15, 0.2) is 70.3 Å². The summed E-state index contributed by atoms with van der Waals surface area (Å²) >= 11 is 7.44. The number of fused-ring (bicyclic) bond motifs is 2. The fourth-order valence-electron chi connectivity index (χ4n) is 4.75. The Balaban J connectivity index is 1.78. The highest BCUT2D eigenvalue weighted by molar-refractivity contribution is 7.13. The van der Waals surface area contributed by atoms with Gasteiger partial charge in [-0.3, -0.25) is 9.36 Å². The molecule has 0 radical (unpaired) electrons. The lowest BCUT2D eigenvalue weighted by molar-refractivity contribution is -0.145. The molecule has 0 bridgehead atoms. The Hall–Kier alpha value is -3.75. The van der Waals surface area contributed by atoms with E-state index in [1.807, 2.05) is 13.8 Å². The van der Waals surface area contributed by atoms with E-state index in [1.54, 1.807) is 55.5 Å². The van der Waals surface area contributed by atoms with E-state index in [0.29, 0.717) is 21.5 Å². The van der Waals surface area contributed by atoms with Crippen molar-refractivity contribution in [2.45, 2.75) is 33.4 Å². The maximum atomic E-state index is 14.1. The molecule has 0 unspecified atom stereocenters. The lowest BCUT2D eigenvalue weighted by Crippen LogP contribution is -2.45. The maximum Gasteiger partial charge on any atom is 0.334 e. The number of carbonyl (C=O) groups excluding carboxylic acids is 1. The number of carbonyl (C=O) groups is 1. The van der Waals surface area contributed by atoms with Crippen LogP contribution in [-0.4, -0.2) is 26.1 Å². The summed E-state index contributed by atoms with van der Waals surface area (Å²) in [5.74, 6) is -0.698. The second kappa shape index (κ2) is 9.95. The molecule has 2 aromatic heterocycles. The largest absolute Gasteiger partial charge is 0.464 e. The average Bonchev–Trinajstić information content (AvgIpc) is 3.28. The van der Waals surface area contributed by atoms with Gasteiger partial charge in [-0.05, 0) is 79.3 Å². The molecule has 0 spiro atoms. The first-order valence-electron chi connectivity index (χ1n) is 11.8. The second-order valence-corrected chi connectivity index (χ2v) is 10.1. The molecule has 1 atom stereocenters. The number of para-hydroxylation sites is 1. The van der Waals surface area contributed by atoms with Crippen molar-refractivity contribution in [1.82, 2.24) is 13.5 Å². The molecule has 0 aliphatic rings. The van der Waals surface area contributed by atoms with Crippen LogP contribution in [0.3, 0.4) is 0 Å². The monoisotopic (exact) mass is 533 g/mol. The molecular weight excluding hydrogens is 510 g/mol. The molecular formula is C28H24ClN3O4S. The van der Waals surface area contributed by atoms with E-state index < -0.39 is 23.3 Å². The van der Waals surface area contributed by atoms with E-state index in [0.717, 1.165) is 31.5 Å². The van der Waals surface area contributed by atoms with Gasteiger partial charge in [0.05, 0.1) is 34.4 Å². The molecule has 0 aliphatic carbocycles. The molecule has 0 saturated heterocycles. The number of rotatable bonds is 6. The number of hydrogen-bond acceptors (Lipinski definition) is 6. The minimum atomic E-state index is -1.27. The number of aromatic nitrogens is 3. The Morgan fingerprint density at radius 1 is 1.08 bits per heavy atom. The van der Waals surface area contributed by atoms with Crippen molar-refractivity contribution < 1.29 is 9.53 Å². The maximum absolute atomic E-state index is 14.1. The summed E-state index contributed by atoms with van der Waals surface area (Å²) < 4.78 is 13.5. The topological polar surface area (TPSA) is 83.2 Å². The van der Waals surface area contributed by atoms with Crippen LogP contribution in [-0.2, 0) is 16.1 Å². The van der Waals surface area contributed by atoms with Gasteiger partial charge >= 0.3 is 11.7 Å². The zero-order valence-electron chi connectivity index (χ0n) is 20.5. The molecule has 5 rings (SSSR count). The van der Waals surface area contributed by atoms with Crippen molar-refractivity contribution >= 4 is 50.1 Å². The van der Waals surface area contributed by atoms with Gasteiger partial charge in [0.15, 0.2) is 6.04 Å². The number of esters is 1. The third-order valence-electron chi connectivity index (χ3n) is 6.33. The van der Waals surface area contributed by atoms with Gasteiger partial charge in [0.2, 0.25) is 0 Å². The molecule has 2 heterocycles. The molecule has 188 valence electrons. The van der Waals surface area contributed by atoms with Crippen molar-refractivity contribution in [2.24, 2.45) is 0 Å². The minimum absolute atomic E-state index is 0.100. The highest BCUT2D eigenvalue weighted by Crippen LogP contribution is 2.29. The Bertz CT molecular complexity index is 1770.